The number of rotatable bonds is 7. The van der Waals surface area contributed by atoms with Gasteiger partial charge >= 0.3 is 5.97 Å². The number of halogens is 1. The number of fused-ring (bicyclic) bond motifs is 2. The Labute approximate surface area is 254 Å². The summed E-state index contributed by atoms with van der Waals surface area (Å²) >= 11 is 6.06. The number of pyridine rings is 2. The Morgan fingerprint density at radius 2 is 1.93 bits per heavy atom. The highest BCUT2D eigenvalue weighted by atomic mass is 35.5. The number of para-hydroxylation sites is 1. The number of carbonyl (C=O) groups is 1. The second kappa shape index (κ2) is 11.1. The molecule has 11 heteroatoms. The summed E-state index contributed by atoms with van der Waals surface area (Å²) < 4.78 is 25.6. The van der Waals surface area contributed by atoms with Crippen molar-refractivity contribution in [2.45, 2.75) is 63.5 Å². The minimum absolute atomic E-state index is 0.0529. The molecule has 6 heterocycles. The summed E-state index contributed by atoms with van der Waals surface area (Å²) in [6.45, 7) is 7.30. The molecule has 0 aliphatic carbocycles. The lowest BCUT2D eigenvalue weighted by atomic mass is 9.88. The van der Waals surface area contributed by atoms with Crippen molar-refractivity contribution in [3.63, 3.8) is 0 Å². The second-order valence-corrected chi connectivity index (χ2v) is 12.0. The van der Waals surface area contributed by atoms with Crippen molar-refractivity contribution >= 4 is 28.7 Å². The molecule has 7 rings (SSSR count). The molecule has 2 saturated heterocycles. The van der Waals surface area contributed by atoms with Crippen LogP contribution in [-0.4, -0.2) is 63.3 Å². The number of methoxy groups -OCH3 is 1. The molecule has 1 unspecified atom stereocenters. The van der Waals surface area contributed by atoms with Gasteiger partial charge in [0.15, 0.2) is 22.8 Å². The van der Waals surface area contributed by atoms with Crippen LogP contribution < -0.4 is 9.47 Å². The zero-order chi connectivity index (χ0) is 29.7. The Kier molecular flexibility index (Phi) is 7.23. The van der Waals surface area contributed by atoms with Crippen molar-refractivity contribution in [3.8, 4) is 11.5 Å². The fourth-order valence-electron chi connectivity index (χ4n) is 6.35. The van der Waals surface area contributed by atoms with E-state index >= 15 is 0 Å². The third-order valence-corrected chi connectivity index (χ3v) is 9.11. The molecule has 0 saturated carbocycles. The van der Waals surface area contributed by atoms with E-state index in [9.17, 15) is 4.79 Å². The molecular formula is C32H34ClN5O5. The summed E-state index contributed by atoms with van der Waals surface area (Å²) in [6.07, 6.45) is 4.66. The second-order valence-electron chi connectivity index (χ2n) is 11.6. The van der Waals surface area contributed by atoms with Gasteiger partial charge in [-0.2, -0.15) is 0 Å². The lowest BCUT2D eigenvalue weighted by molar-refractivity contribution is -0.0722. The number of hydrogen-bond donors (Lipinski definition) is 0. The third-order valence-electron chi connectivity index (χ3n) is 8.89. The maximum absolute atomic E-state index is 12.2. The van der Waals surface area contributed by atoms with Gasteiger partial charge < -0.3 is 23.5 Å². The zero-order valence-electron chi connectivity index (χ0n) is 24.5. The van der Waals surface area contributed by atoms with Crippen LogP contribution in [-0.2, 0) is 21.8 Å². The molecule has 0 N–H and O–H groups in total. The predicted octanol–water partition coefficient (Wildman–Crippen LogP) is 5.64. The molecule has 0 radical (unpaired) electrons. The van der Waals surface area contributed by atoms with Crippen LogP contribution in [0.25, 0.3) is 11.2 Å². The zero-order valence-corrected chi connectivity index (χ0v) is 25.2. The van der Waals surface area contributed by atoms with Crippen molar-refractivity contribution in [1.29, 1.82) is 0 Å². The molecule has 0 amide bonds. The van der Waals surface area contributed by atoms with Gasteiger partial charge in [-0.25, -0.2) is 14.8 Å². The van der Waals surface area contributed by atoms with Gasteiger partial charge in [0, 0.05) is 25.3 Å². The van der Waals surface area contributed by atoms with Gasteiger partial charge in [-0.1, -0.05) is 23.7 Å². The fraction of sp³-hybridized carbons (Fsp3) is 0.438. The van der Waals surface area contributed by atoms with Gasteiger partial charge in [0.25, 0.3) is 5.79 Å². The largest absolute Gasteiger partial charge is 0.464 e. The van der Waals surface area contributed by atoms with Gasteiger partial charge in [0.05, 0.1) is 30.8 Å². The summed E-state index contributed by atoms with van der Waals surface area (Å²) in [6, 6.07) is 13.3. The topological polar surface area (TPSA) is 101 Å². The van der Waals surface area contributed by atoms with E-state index in [0.717, 1.165) is 67.4 Å². The van der Waals surface area contributed by atoms with Crippen molar-refractivity contribution in [2.24, 2.45) is 0 Å². The Bertz CT molecular complexity index is 1660. The summed E-state index contributed by atoms with van der Waals surface area (Å²) in [4.78, 5) is 28.8. The molecule has 43 heavy (non-hydrogen) atoms. The number of likely N-dealkylation sites (tertiary alicyclic amines) is 1. The molecule has 0 bridgehead atoms. The fourth-order valence-corrected chi connectivity index (χ4v) is 6.46. The SMILES string of the molecule is COC(=O)c1ccc2nc([C@H](C)N3CCC(c4cccc5c4OC(C)(c4ccc(Cl)cn4)O5)CC3)n(C[C@@H]3CCO3)c2n1. The number of ether oxygens (including phenoxy) is 4. The van der Waals surface area contributed by atoms with Crippen LogP contribution in [0.3, 0.4) is 0 Å². The maximum atomic E-state index is 12.2. The van der Waals surface area contributed by atoms with Gasteiger partial charge in [-0.15, -0.1) is 0 Å². The van der Waals surface area contributed by atoms with Crippen LogP contribution in [0, 0.1) is 0 Å². The van der Waals surface area contributed by atoms with Gasteiger partial charge in [0.1, 0.15) is 17.0 Å². The average molecular weight is 604 g/mol. The van der Waals surface area contributed by atoms with Crippen LogP contribution >= 0.6 is 11.6 Å². The van der Waals surface area contributed by atoms with Crippen LogP contribution in [0.4, 0.5) is 0 Å². The monoisotopic (exact) mass is 603 g/mol. The Morgan fingerprint density at radius 3 is 2.63 bits per heavy atom. The number of hydrogen-bond acceptors (Lipinski definition) is 9. The quantitative estimate of drug-likeness (QED) is 0.248. The predicted molar refractivity (Wildman–Crippen MR) is 159 cm³/mol. The van der Waals surface area contributed by atoms with Gasteiger partial charge in [0.2, 0.25) is 0 Å². The Morgan fingerprint density at radius 1 is 1.12 bits per heavy atom. The van der Waals surface area contributed by atoms with Gasteiger partial charge in [-0.05, 0) is 75.5 Å². The number of imidazole rings is 1. The smallest absolute Gasteiger partial charge is 0.356 e. The number of nitrogens with zero attached hydrogens (tertiary/aromatic N) is 5. The molecule has 1 aromatic carbocycles. The first kappa shape index (κ1) is 28.1. The lowest BCUT2D eigenvalue weighted by Gasteiger charge is -2.36. The minimum atomic E-state index is -1.01. The molecular weight excluding hydrogens is 570 g/mol. The van der Waals surface area contributed by atoms with Crippen molar-refractivity contribution in [2.75, 3.05) is 26.8 Å². The number of esters is 1. The molecule has 0 spiro atoms. The normalized spacial score (nSPS) is 22.8. The molecule has 2 fully saturated rings. The standard InChI is InChI=1S/C32H34ClN5O5/c1-19(29-35-24-8-9-25(31(39)40-3)36-30(24)38(29)18-22-13-16-41-22)37-14-11-20(12-15-37)23-5-4-6-26-28(23)43-32(2,42-26)27-10-7-21(33)17-34-27/h4-10,17,19-20,22H,11-16,18H2,1-3H3/t19-,22-,32?/m0/s1. The van der Waals surface area contributed by atoms with E-state index in [1.807, 2.05) is 31.2 Å². The molecule has 224 valence electrons. The van der Waals surface area contributed by atoms with Crippen molar-refractivity contribution in [3.05, 3.63) is 76.5 Å². The summed E-state index contributed by atoms with van der Waals surface area (Å²) in [5.74, 6) is 1.32. The van der Waals surface area contributed by atoms with Crippen LogP contribution in [0.15, 0.2) is 48.7 Å². The number of aromatic nitrogens is 4. The van der Waals surface area contributed by atoms with Crippen LogP contribution in [0.1, 0.15) is 72.6 Å². The first-order chi connectivity index (χ1) is 20.8. The first-order valence-corrected chi connectivity index (χ1v) is 15.1. The average Bonchev–Trinajstić information content (AvgIpc) is 3.55. The highest BCUT2D eigenvalue weighted by Crippen LogP contribution is 2.49. The van der Waals surface area contributed by atoms with Crippen molar-refractivity contribution in [1.82, 2.24) is 24.4 Å². The van der Waals surface area contributed by atoms with Crippen LogP contribution in [0.2, 0.25) is 5.02 Å². The van der Waals surface area contributed by atoms with E-state index in [2.05, 4.69) is 32.4 Å². The third kappa shape index (κ3) is 5.11. The number of benzene rings is 1. The summed E-state index contributed by atoms with van der Waals surface area (Å²) in [5.41, 5.74) is 3.56. The Balaban J connectivity index is 1.10. The molecule has 4 aromatic rings. The number of carbonyl (C=O) groups excluding carboxylic acids is 1. The first-order valence-electron chi connectivity index (χ1n) is 14.8. The van der Waals surface area contributed by atoms with E-state index in [1.165, 1.54) is 7.11 Å². The van der Waals surface area contributed by atoms with E-state index < -0.39 is 11.8 Å². The highest BCUT2D eigenvalue weighted by Gasteiger charge is 2.42. The maximum Gasteiger partial charge on any atom is 0.356 e. The Hall–Kier alpha value is -3.73. The molecule has 10 nitrogen and oxygen atoms in total. The molecule has 3 atom stereocenters. The van der Waals surface area contributed by atoms with Crippen LogP contribution in [0.5, 0.6) is 11.5 Å². The lowest BCUT2D eigenvalue weighted by Crippen LogP contribution is -2.37. The summed E-state index contributed by atoms with van der Waals surface area (Å²) in [7, 11) is 1.36. The van der Waals surface area contributed by atoms with E-state index in [1.54, 1.807) is 18.3 Å². The molecule has 3 aromatic heterocycles. The van der Waals surface area contributed by atoms with Gasteiger partial charge in [-0.3, -0.25) is 9.88 Å². The van der Waals surface area contributed by atoms with Crippen molar-refractivity contribution < 1.29 is 23.7 Å². The highest BCUT2D eigenvalue weighted by molar-refractivity contribution is 6.30. The van der Waals surface area contributed by atoms with E-state index in [-0.39, 0.29) is 17.8 Å². The minimum Gasteiger partial charge on any atom is -0.464 e. The molecule has 3 aliphatic heterocycles. The summed E-state index contributed by atoms with van der Waals surface area (Å²) in [5, 5.41) is 0.568. The van der Waals surface area contributed by atoms with E-state index in [0.29, 0.717) is 28.8 Å². The van der Waals surface area contributed by atoms with E-state index in [4.69, 9.17) is 35.5 Å². The number of piperidine rings is 1. The molecule has 3 aliphatic rings.